The fraction of sp³-hybridized carbons (Fsp3) is 0.550. The standard InChI is InChI=1S/C20H29N5O/c1-15(2)18(26)23-13-20(16-7-5-4-6-8-16)11-9-17(10-12-20)25-19(22-3)24-14-21/h4-8,15,17H,9-13H2,1-3H3,(H,23,26)(H2,22,24,25)/t17-,20-. The number of rotatable bonds is 5. The fourth-order valence-corrected chi connectivity index (χ4v) is 3.54. The van der Waals surface area contributed by atoms with E-state index in [1.165, 1.54) is 5.56 Å². The van der Waals surface area contributed by atoms with Crippen LogP contribution in [0.3, 0.4) is 0 Å². The van der Waals surface area contributed by atoms with E-state index in [2.05, 4.69) is 45.2 Å². The highest BCUT2D eigenvalue weighted by Crippen LogP contribution is 2.39. The van der Waals surface area contributed by atoms with Crippen molar-refractivity contribution in [1.82, 2.24) is 16.0 Å². The molecule has 3 N–H and O–H groups in total. The number of carbonyl (C=O) groups is 1. The van der Waals surface area contributed by atoms with Crippen molar-refractivity contribution in [3.05, 3.63) is 35.9 Å². The number of carbonyl (C=O) groups excluding carboxylic acids is 1. The summed E-state index contributed by atoms with van der Waals surface area (Å²) in [5.74, 6) is 0.596. The molecule has 0 bridgehead atoms. The van der Waals surface area contributed by atoms with E-state index in [0.29, 0.717) is 12.5 Å². The van der Waals surface area contributed by atoms with Crippen LogP contribution in [-0.4, -0.2) is 31.5 Å². The summed E-state index contributed by atoms with van der Waals surface area (Å²) < 4.78 is 0. The van der Waals surface area contributed by atoms with Crippen LogP contribution in [0, 0.1) is 17.4 Å². The maximum absolute atomic E-state index is 12.1. The third-order valence-corrected chi connectivity index (χ3v) is 5.19. The summed E-state index contributed by atoms with van der Waals surface area (Å²) in [5.41, 5.74) is 1.23. The monoisotopic (exact) mass is 355 g/mol. The van der Waals surface area contributed by atoms with Crippen LogP contribution in [-0.2, 0) is 10.2 Å². The van der Waals surface area contributed by atoms with Gasteiger partial charge in [0.25, 0.3) is 0 Å². The number of nitriles is 1. The highest BCUT2D eigenvalue weighted by atomic mass is 16.1. The van der Waals surface area contributed by atoms with Crippen molar-refractivity contribution in [3.63, 3.8) is 0 Å². The lowest BCUT2D eigenvalue weighted by Crippen LogP contribution is -2.49. The summed E-state index contributed by atoms with van der Waals surface area (Å²) in [5, 5.41) is 18.1. The third-order valence-electron chi connectivity index (χ3n) is 5.19. The van der Waals surface area contributed by atoms with E-state index in [9.17, 15) is 4.79 Å². The number of nitrogens with one attached hydrogen (secondary N) is 3. The van der Waals surface area contributed by atoms with Gasteiger partial charge in [0.2, 0.25) is 18.1 Å². The molecule has 0 spiro atoms. The van der Waals surface area contributed by atoms with Crippen molar-refractivity contribution in [2.75, 3.05) is 13.6 Å². The van der Waals surface area contributed by atoms with Crippen molar-refractivity contribution in [1.29, 1.82) is 5.26 Å². The summed E-state index contributed by atoms with van der Waals surface area (Å²) in [6, 6.07) is 10.7. The number of nitrogens with zero attached hydrogens (tertiary/aromatic N) is 2. The van der Waals surface area contributed by atoms with Gasteiger partial charge in [-0.3, -0.25) is 4.79 Å². The van der Waals surface area contributed by atoms with Crippen LogP contribution in [0.2, 0.25) is 0 Å². The SMILES string of the molecule is CN/C(=N\C#N)N[C@H]1CC[C@](CNC(=O)C(C)C)(c2ccccc2)CC1. The van der Waals surface area contributed by atoms with E-state index in [1.807, 2.05) is 26.1 Å². The maximum atomic E-state index is 12.1. The first-order valence-corrected chi connectivity index (χ1v) is 9.25. The molecule has 0 radical (unpaired) electrons. The quantitative estimate of drug-likeness (QED) is 0.429. The van der Waals surface area contributed by atoms with Crippen LogP contribution in [0.1, 0.15) is 45.1 Å². The van der Waals surface area contributed by atoms with Gasteiger partial charge in [-0.15, -0.1) is 4.99 Å². The molecule has 0 aromatic heterocycles. The minimum atomic E-state index is -0.0455. The Morgan fingerprint density at radius 3 is 2.50 bits per heavy atom. The smallest absolute Gasteiger partial charge is 0.222 e. The zero-order valence-electron chi connectivity index (χ0n) is 15.9. The van der Waals surface area contributed by atoms with Gasteiger partial charge < -0.3 is 16.0 Å². The van der Waals surface area contributed by atoms with Gasteiger partial charge in [-0.05, 0) is 31.2 Å². The van der Waals surface area contributed by atoms with Crippen LogP contribution in [0.15, 0.2) is 35.3 Å². The van der Waals surface area contributed by atoms with Gasteiger partial charge in [0.15, 0.2) is 0 Å². The first-order chi connectivity index (χ1) is 12.5. The number of benzene rings is 1. The summed E-state index contributed by atoms with van der Waals surface area (Å²) in [4.78, 5) is 15.9. The number of aliphatic imine (C=N–C) groups is 1. The largest absolute Gasteiger partial charge is 0.359 e. The molecule has 0 saturated heterocycles. The highest BCUT2D eigenvalue weighted by Gasteiger charge is 2.37. The van der Waals surface area contributed by atoms with E-state index in [4.69, 9.17) is 5.26 Å². The van der Waals surface area contributed by atoms with Crippen LogP contribution < -0.4 is 16.0 Å². The van der Waals surface area contributed by atoms with E-state index >= 15 is 0 Å². The van der Waals surface area contributed by atoms with Gasteiger partial charge in [0, 0.05) is 31.0 Å². The first kappa shape index (κ1) is 19.8. The van der Waals surface area contributed by atoms with Gasteiger partial charge in [-0.25, -0.2) is 0 Å². The van der Waals surface area contributed by atoms with Crippen LogP contribution >= 0.6 is 0 Å². The molecule has 0 heterocycles. The molecule has 2 rings (SSSR count). The Kier molecular flexibility index (Phi) is 7.02. The van der Waals surface area contributed by atoms with Gasteiger partial charge in [-0.1, -0.05) is 44.2 Å². The molecule has 0 unspecified atom stereocenters. The van der Waals surface area contributed by atoms with Crippen LogP contribution in [0.25, 0.3) is 0 Å². The molecule has 1 amide bonds. The number of hydrogen-bond acceptors (Lipinski definition) is 3. The Morgan fingerprint density at radius 1 is 1.31 bits per heavy atom. The predicted molar refractivity (Wildman–Crippen MR) is 103 cm³/mol. The van der Waals surface area contributed by atoms with E-state index in [-0.39, 0.29) is 23.3 Å². The van der Waals surface area contributed by atoms with Crippen molar-refractivity contribution in [3.8, 4) is 6.19 Å². The van der Waals surface area contributed by atoms with E-state index < -0.39 is 0 Å². The van der Waals surface area contributed by atoms with Crippen molar-refractivity contribution < 1.29 is 4.79 Å². The lowest BCUT2D eigenvalue weighted by atomic mass is 9.68. The zero-order valence-corrected chi connectivity index (χ0v) is 15.9. The summed E-state index contributed by atoms with van der Waals surface area (Å²) in [6.07, 6.45) is 5.66. The van der Waals surface area contributed by atoms with Gasteiger partial charge in [0.1, 0.15) is 0 Å². The summed E-state index contributed by atoms with van der Waals surface area (Å²) in [7, 11) is 1.75. The number of hydrogen-bond donors (Lipinski definition) is 3. The first-order valence-electron chi connectivity index (χ1n) is 9.25. The van der Waals surface area contributed by atoms with E-state index in [0.717, 1.165) is 25.7 Å². The molecule has 26 heavy (non-hydrogen) atoms. The molecule has 1 aliphatic rings. The Bertz CT molecular complexity index is 655. The average molecular weight is 355 g/mol. The van der Waals surface area contributed by atoms with Crippen molar-refractivity contribution >= 4 is 11.9 Å². The molecule has 6 heteroatoms. The molecule has 0 atom stereocenters. The predicted octanol–water partition coefficient (Wildman–Crippen LogP) is 2.29. The number of guanidine groups is 1. The molecule has 6 nitrogen and oxygen atoms in total. The Balaban J connectivity index is 2.09. The van der Waals surface area contributed by atoms with E-state index in [1.54, 1.807) is 7.05 Å². The van der Waals surface area contributed by atoms with Gasteiger partial charge >= 0.3 is 0 Å². The fourth-order valence-electron chi connectivity index (χ4n) is 3.54. The molecular weight excluding hydrogens is 326 g/mol. The summed E-state index contributed by atoms with van der Waals surface area (Å²) >= 11 is 0. The minimum absolute atomic E-state index is 0.0128. The molecule has 140 valence electrons. The minimum Gasteiger partial charge on any atom is -0.359 e. The molecule has 1 fully saturated rings. The second kappa shape index (κ2) is 9.23. The highest BCUT2D eigenvalue weighted by molar-refractivity contribution is 5.80. The molecule has 1 saturated carbocycles. The molecule has 0 aliphatic heterocycles. The Labute approximate surface area is 156 Å². The number of amides is 1. The van der Waals surface area contributed by atoms with Crippen molar-refractivity contribution in [2.45, 2.75) is 51.0 Å². The lowest BCUT2D eigenvalue weighted by molar-refractivity contribution is -0.124. The molecule has 1 aromatic rings. The second-order valence-electron chi connectivity index (χ2n) is 7.25. The van der Waals surface area contributed by atoms with Gasteiger partial charge in [-0.2, -0.15) is 5.26 Å². The van der Waals surface area contributed by atoms with Gasteiger partial charge in [0.05, 0.1) is 0 Å². The Morgan fingerprint density at radius 2 is 1.96 bits per heavy atom. The topological polar surface area (TPSA) is 89.3 Å². The van der Waals surface area contributed by atoms with Crippen LogP contribution in [0.4, 0.5) is 0 Å². The van der Waals surface area contributed by atoms with Crippen molar-refractivity contribution in [2.24, 2.45) is 10.9 Å². The summed E-state index contributed by atoms with van der Waals surface area (Å²) in [6.45, 7) is 4.49. The Hall–Kier alpha value is -2.55. The molecule has 1 aliphatic carbocycles. The molecule has 1 aromatic carbocycles. The lowest BCUT2D eigenvalue weighted by Gasteiger charge is -2.41. The molecular formula is C20H29N5O. The second-order valence-corrected chi connectivity index (χ2v) is 7.25. The van der Waals surface area contributed by atoms with Crippen LogP contribution in [0.5, 0.6) is 0 Å². The normalized spacial score (nSPS) is 23.2. The zero-order chi connectivity index (χ0) is 19.0. The third kappa shape index (κ3) is 4.98. The average Bonchev–Trinajstić information content (AvgIpc) is 2.67. The maximum Gasteiger partial charge on any atom is 0.222 e.